The highest BCUT2D eigenvalue weighted by atomic mass is 16.1. The van der Waals surface area contributed by atoms with Crippen molar-refractivity contribution in [2.45, 2.75) is 44.6 Å². The molecule has 1 aromatic carbocycles. The predicted molar refractivity (Wildman–Crippen MR) is 112 cm³/mol. The number of hydrogen-bond acceptors (Lipinski definition) is 5. The fourth-order valence-electron chi connectivity index (χ4n) is 3.85. The Morgan fingerprint density at radius 3 is 2.96 bits per heavy atom. The molecule has 0 radical (unpaired) electrons. The number of carbonyl (C=O) groups is 1. The van der Waals surface area contributed by atoms with E-state index in [0.29, 0.717) is 18.9 Å². The standard InChI is InChI=1S/C22H27N5O/c1-15(16-6-3-2-4-7-16)10-19(28)11-18-12-21-20(14-24-18)22(27-26-21)25-17-8-5-9-23-13-17/h2-4,6-7,12,14-15,17,23H,5,8-11,13H2,1H3,(H2,25,26,27)/t15-,17?/m0/s1. The summed E-state index contributed by atoms with van der Waals surface area (Å²) in [4.78, 5) is 17.0. The molecule has 4 rings (SSSR count). The highest BCUT2D eigenvalue weighted by Crippen LogP contribution is 2.23. The Balaban J connectivity index is 1.40. The predicted octanol–water partition coefficient (Wildman–Crippen LogP) is 3.43. The summed E-state index contributed by atoms with van der Waals surface area (Å²) in [6, 6.07) is 12.5. The number of benzene rings is 1. The van der Waals surface area contributed by atoms with E-state index in [1.54, 1.807) is 0 Å². The number of anilines is 1. The molecule has 0 amide bonds. The van der Waals surface area contributed by atoms with Crippen LogP contribution in [0, 0.1) is 0 Å². The van der Waals surface area contributed by atoms with Crippen molar-refractivity contribution < 1.29 is 4.79 Å². The summed E-state index contributed by atoms with van der Waals surface area (Å²) in [6.45, 7) is 4.13. The first kappa shape index (κ1) is 18.6. The zero-order chi connectivity index (χ0) is 19.3. The summed E-state index contributed by atoms with van der Waals surface area (Å²) >= 11 is 0. The Morgan fingerprint density at radius 2 is 2.18 bits per heavy atom. The summed E-state index contributed by atoms with van der Waals surface area (Å²) in [5.74, 6) is 1.26. The van der Waals surface area contributed by atoms with Crippen LogP contribution in [0.1, 0.15) is 43.4 Å². The van der Waals surface area contributed by atoms with Crippen molar-refractivity contribution in [1.29, 1.82) is 0 Å². The van der Waals surface area contributed by atoms with Crippen molar-refractivity contribution in [2.24, 2.45) is 0 Å². The lowest BCUT2D eigenvalue weighted by Crippen LogP contribution is -2.38. The minimum absolute atomic E-state index is 0.203. The van der Waals surface area contributed by atoms with Gasteiger partial charge in [0.15, 0.2) is 5.82 Å². The zero-order valence-corrected chi connectivity index (χ0v) is 16.2. The molecule has 6 heteroatoms. The van der Waals surface area contributed by atoms with Crippen molar-refractivity contribution >= 4 is 22.5 Å². The van der Waals surface area contributed by atoms with Crippen LogP contribution in [-0.4, -0.2) is 40.1 Å². The van der Waals surface area contributed by atoms with E-state index in [2.05, 4.69) is 44.9 Å². The number of nitrogens with one attached hydrogen (secondary N) is 3. The molecule has 146 valence electrons. The van der Waals surface area contributed by atoms with Gasteiger partial charge in [-0.3, -0.25) is 14.9 Å². The third kappa shape index (κ3) is 4.39. The SMILES string of the molecule is C[C@@H](CC(=O)Cc1cc2[nH]nc(NC3CCCNC3)c2cn1)c1ccccc1. The molecule has 1 saturated heterocycles. The van der Waals surface area contributed by atoms with Gasteiger partial charge in [0, 0.05) is 37.3 Å². The van der Waals surface area contributed by atoms with Gasteiger partial charge in [0.05, 0.1) is 10.9 Å². The van der Waals surface area contributed by atoms with E-state index < -0.39 is 0 Å². The first-order chi connectivity index (χ1) is 13.7. The van der Waals surface area contributed by atoms with E-state index in [4.69, 9.17) is 0 Å². The average Bonchev–Trinajstić information content (AvgIpc) is 3.11. The van der Waals surface area contributed by atoms with Crippen LogP contribution in [0.3, 0.4) is 0 Å². The number of carbonyl (C=O) groups excluding carboxylic acids is 1. The van der Waals surface area contributed by atoms with Gasteiger partial charge in [-0.1, -0.05) is 37.3 Å². The number of aromatic amines is 1. The topological polar surface area (TPSA) is 82.7 Å². The van der Waals surface area contributed by atoms with Crippen LogP contribution in [-0.2, 0) is 11.2 Å². The van der Waals surface area contributed by atoms with Crippen molar-refractivity contribution in [3.63, 3.8) is 0 Å². The number of Topliss-reactive ketones (excluding diaryl/α,β-unsaturated/α-hetero) is 1. The van der Waals surface area contributed by atoms with Crippen molar-refractivity contribution in [2.75, 3.05) is 18.4 Å². The lowest BCUT2D eigenvalue weighted by Gasteiger charge is -2.23. The van der Waals surface area contributed by atoms with Gasteiger partial charge in [0.2, 0.25) is 0 Å². The maximum atomic E-state index is 12.5. The lowest BCUT2D eigenvalue weighted by molar-refractivity contribution is -0.118. The zero-order valence-electron chi connectivity index (χ0n) is 16.2. The molecule has 6 nitrogen and oxygen atoms in total. The molecular formula is C22H27N5O. The number of pyridine rings is 1. The van der Waals surface area contributed by atoms with Gasteiger partial charge in [-0.25, -0.2) is 0 Å². The number of hydrogen-bond donors (Lipinski definition) is 3. The number of fused-ring (bicyclic) bond motifs is 1. The van der Waals surface area contributed by atoms with E-state index in [9.17, 15) is 4.79 Å². The molecule has 3 aromatic rings. The van der Waals surface area contributed by atoms with Crippen LogP contribution in [0.4, 0.5) is 5.82 Å². The summed E-state index contributed by atoms with van der Waals surface area (Å²) in [6.07, 6.45) is 5.00. The molecule has 1 fully saturated rings. The molecule has 2 atom stereocenters. The first-order valence-electron chi connectivity index (χ1n) is 10.1. The van der Waals surface area contributed by atoms with E-state index in [1.807, 2.05) is 30.5 Å². The lowest BCUT2D eigenvalue weighted by atomic mass is 9.94. The fourth-order valence-corrected chi connectivity index (χ4v) is 3.85. The summed E-state index contributed by atoms with van der Waals surface area (Å²) in [5, 5.41) is 15.4. The Bertz CT molecular complexity index is 931. The minimum Gasteiger partial charge on any atom is -0.364 e. The largest absolute Gasteiger partial charge is 0.364 e. The van der Waals surface area contributed by atoms with Crippen molar-refractivity contribution in [3.8, 4) is 0 Å². The highest BCUT2D eigenvalue weighted by molar-refractivity contribution is 5.90. The van der Waals surface area contributed by atoms with Crippen LogP contribution in [0.25, 0.3) is 10.9 Å². The van der Waals surface area contributed by atoms with Gasteiger partial charge in [-0.2, -0.15) is 5.10 Å². The van der Waals surface area contributed by atoms with Gasteiger partial charge in [0.1, 0.15) is 5.78 Å². The van der Waals surface area contributed by atoms with Gasteiger partial charge >= 0.3 is 0 Å². The molecule has 1 aliphatic rings. The van der Waals surface area contributed by atoms with Crippen LogP contribution in [0.5, 0.6) is 0 Å². The second kappa shape index (κ2) is 8.52. The van der Waals surface area contributed by atoms with Crippen LogP contribution in [0.2, 0.25) is 0 Å². The third-order valence-electron chi connectivity index (χ3n) is 5.42. The number of aromatic nitrogens is 3. The van der Waals surface area contributed by atoms with Gasteiger partial charge < -0.3 is 10.6 Å². The molecule has 0 bridgehead atoms. The molecule has 0 saturated carbocycles. The molecule has 0 aliphatic carbocycles. The molecule has 0 spiro atoms. The number of rotatable bonds is 7. The number of ketones is 1. The normalized spacial score (nSPS) is 18.1. The Labute approximate surface area is 165 Å². The highest BCUT2D eigenvalue weighted by Gasteiger charge is 2.17. The molecule has 28 heavy (non-hydrogen) atoms. The number of nitrogens with zero attached hydrogens (tertiary/aromatic N) is 2. The summed E-state index contributed by atoms with van der Waals surface area (Å²) in [5.41, 5.74) is 2.90. The van der Waals surface area contributed by atoms with E-state index in [-0.39, 0.29) is 11.7 Å². The molecule has 1 unspecified atom stereocenters. The van der Waals surface area contributed by atoms with E-state index in [1.165, 1.54) is 12.0 Å². The van der Waals surface area contributed by atoms with Crippen LogP contribution < -0.4 is 10.6 Å². The summed E-state index contributed by atoms with van der Waals surface area (Å²) in [7, 11) is 0. The van der Waals surface area contributed by atoms with Crippen LogP contribution >= 0.6 is 0 Å². The molecule has 2 aromatic heterocycles. The average molecular weight is 377 g/mol. The maximum absolute atomic E-state index is 12.5. The van der Waals surface area contributed by atoms with Gasteiger partial charge in [-0.05, 0) is 36.9 Å². The summed E-state index contributed by atoms with van der Waals surface area (Å²) < 4.78 is 0. The first-order valence-corrected chi connectivity index (χ1v) is 10.1. The van der Waals surface area contributed by atoms with E-state index in [0.717, 1.165) is 41.9 Å². The second-order valence-electron chi connectivity index (χ2n) is 7.71. The molecule has 1 aliphatic heterocycles. The quantitative estimate of drug-likeness (QED) is 0.588. The van der Waals surface area contributed by atoms with Gasteiger partial charge in [0.25, 0.3) is 0 Å². The van der Waals surface area contributed by atoms with Gasteiger partial charge in [-0.15, -0.1) is 0 Å². The van der Waals surface area contributed by atoms with Crippen molar-refractivity contribution in [3.05, 3.63) is 53.9 Å². The van der Waals surface area contributed by atoms with Crippen molar-refractivity contribution in [1.82, 2.24) is 20.5 Å². The fraction of sp³-hybridized carbons (Fsp3) is 0.409. The second-order valence-corrected chi connectivity index (χ2v) is 7.71. The molecule has 3 N–H and O–H groups in total. The Hall–Kier alpha value is -2.73. The number of piperidine rings is 1. The van der Waals surface area contributed by atoms with E-state index >= 15 is 0 Å². The Kier molecular flexibility index (Phi) is 5.67. The maximum Gasteiger partial charge on any atom is 0.157 e. The third-order valence-corrected chi connectivity index (χ3v) is 5.42. The number of H-pyrrole nitrogens is 1. The molecule has 3 heterocycles. The monoisotopic (exact) mass is 377 g/mol. The molecular weight excluding hydrogens is 350 g/mol. The van der Waals surface area contributed by atoms with Crippen LogP contribution in [0.15, 0.2) is 42.6 Å². The Morgan fingerprint density at radius 1 is 1.32 bits per heavy atom. The minimum atomic E-state index is 0.203. The smallest absolute Gasteiger partial charge is 0.157 e.